The fourth-order valence-corrected chi connectivity index (χ4v) is 4.19. The number of halogens is 1. The first kappa shape index (κ1) is 14.0. The second-order valence-electron chi connectivity index (χ2n) is 4.27. The van der Waals surface area contributed by atoms with Crippen molar-refractivity contribution >= 4 is 49.3 Å². The van der Waals surface area contributed by atoms with Crippen LogP contribution in [0.1, 0.15) is 0 Å². The Morgan fingerprint density at radius 3 is 2.62 bits per heavy atom. The van der Waals surface area contributed by atoms with Gasteiger partial charge < -0.3 is 0 Å². The highest BCUT2D eigenvalue weighted by molar-refractivity contribution is 14.1. The topological polar surface area (TPSA) is 56.3 Å². The number of hydrogen-bond acceptors (Lipinski definition) is 3. The van der Waals surface area contributed by atoms with Crippen molar-refractivity contribution in [3.63, 3.8) is 0 Å². The van der Waals surface area contributed by atoms with Gasteiger partial charge >= 0.3 is 0 Å². The summed E-state index contributed by atoms with van der Waals surface area (Å²) in [6.07, 6.45) is 2.90. The molecule has 0 aliphatic carbocycles. The molecule has 0 N–H and O–H groups in total. The summed E-state index contributed by atoms with van der Waals surface area (Å²) < 4.78 is 27.2. The molecule has 3 rings (SSSR count). The molecule has 7 heteroatoms. The van der Waals surface area contributed by atoms with Gasteiger partial charge in [0.25, 0.3) is 10.0 Å². The van der Waals surface area contributed by atoms with Crippen LogP contribution in [0.25, 0.3) is 15.9 Å². The van der Waals surface area contributed by atoms with E-state index in [2.05, 4.69) is 9.83 Å². The third kappa shape index (κ3) is 2.30. The average molecular weight is 409 g/mol. The quantitative estimate of drug-likeness (QED) is 0.482. The van der Waals surface area contributed by atoms with Crippen molar-refractivity contribution in [3.8, 4) is 0 Å². The zero-order chi connectivity index (χ0) is 15.0. The molecule has 2 heterocycles. The van der Waals surface area contributed by atoms with Crippen LogP contribution in [0.5, 0.6) is 0 Å². The Morgan fingerprint density at radius 2 is 1.95 bits per heavy atom. The predicted molar refractivity (Wildman–Crippen MR) is 87.7 cm³/mol. The molecule has 0 radical (unpaired) electrons. The monoisotopic (exact) mass is 409 g/mol. The summed E-state index contributed by atoms with van der Waals surface area (Å²) in [5.74, 6) is 0. The van der Waals surface area contributed by atoms with E-state index in [1.807, 2.05) is 22.6 Å². The van der Waals surface area contributed by atoms with E-state index in [0.717, 1.165) is 7.54 Å². The zero-order valence-electron chi connectivity index (χ0n) is 10.6. The Balaban J connectivity index is 2.30. The summed E-state index contributed by atoms with van der Waals surface area (Å²) >= 11 is 2.04. The predicted octanol–water partition coefficient (Wildman–Crippen LogP) is 3.43. The van der Waals surface area contributed by atoms with E-state index in [9.17, 15) is 8.42 Å². The Hall–Kier alpha value is -1.92. The maximum Gasteiger partial charge on any atom is 0.269 e. The third-order valence-corrected chi connectivity index (χ3v) is 5.50. The normalized spacial score (nSPS) is 11.4. The number of rotatable bonds is 2. The molecular formula is C14H8IN3O2S. The van der Waals surface area contributed by atoms with Crippen LogP contribution in [0.15, 0.2) is 53.7 Å². The minimum atomic E-state index is -3.69. The lowest BCUT2D eigenvalue weighted by Crippen LogP contribution is -2.12. The second-order valence-corrected chi connectivity index (χ2v) is 7.24. The molecular weight excluding hydrogens is 401 g/mol. The molecule has 0 bridgehead atoms. The van der Waals surface area contributed by atoms with Gasteiger partial charge in [0.1, 0.15) is 0 Å². The smallest absolute Gasteiger partial charge is 0.249 e. The van der Waals surface area contributed by atoms with Crippen molar-refractivity contribution < 1.29 is 8.42 Å². The lowest BCUT2D eigenvalue weighted by atomic mass is 10.3. The van der Waals surface area contributed by atoms with Gasteiger partial charge in [0, 0.05) is 21.4 Å². The van der Waals surface area contributed by atoms with Crippen LogP contribution in [0.4, 0.5) is 5.69 Å². The Kier molecular flexibility index (Phi) is 3.43. The second kappa shape index (κ2) is 5.13. The maximum atomic E-state index is 12.7. The molecule has 0 saturated heterocycles. The minimum absolute atomic E-state index is 0.203. The molecule has 0 aliphatic rings. The van der Waals surface area contributed by atoms with Gasteiger partial charge in [0.15, 0.2) is 5.65 Å². The summed E-state index contributed by atoms with van der Waals surface area (Å²) in [5.41, 5.74) is 0.714. The molecule has 5 nitrogen and oxygen atoms in total. The number of hydrogen-bond donors (Lipinski definition) is 0. The van der Waals surface area contributed by atoms with Gasteiger partial charge in [0.2, 0.25) is 5.69 Å². The number of nitrogens with zero attached hydrogens (tertiary/aromatic N) is 3. The van der Waals surface area contributed by atoms with Crippen molar-refractivity contribution in [2.45, 2.75) is 4.90 Å². The summed E-state index contributed by atoms with van der Waals surface area (Å²) in [6.45, 7) is 7.01. The van der Waals surface area contributed by atoms with Gasteiger partial charge in [-0.3, -0.25) is 0 Å². The summed E-state index contributed by atoms with van der Waals surface area (Å²) in [5, 5.41) is 0.656. The molecule has 21 heavy (non-hydrogen) atoms. The lowest BCUT2D eigenvalue weighted by molar-refractivity contribution is 0.588. The number of pyridine rings is 1. The fourth-order valence-electron chi connectivity index (χ4n) is 1.98. The van der Waals surface area contributed by atoms with E-state index in [-0.39, 0.29) is 4.90 Å². The Bertz CT molecular complexity index is 973. The zero-order valence-corrected chi connectivity index (χ0v) is 13.5. The van der Waals surface area contributed by atoms with Gasteiger partial charge in [-0.15, -0.1) is 0 Å². The first-order chi connectivity index (χ1) is 10.0. The Labute approximate surface area is 135 Å². The SMILES string of the molecule is [C-]#[N+]c1cnc2c(c1)c(I)cn2S(=O)(=O)c1ccccc1. The van der Waals surface area contributed by atoms with Gasteiger partial charge in [-0.2, -0.15) is 0 Å². The van der Waals surface area contributed by atoms with Crippen molar-refractivity contribution in [2.24, 2.45) is 0 Å². The van der Waals surface area contributed by atoms with Crippen LogP contribution in [-0.2, 0) is 10.0 Å². The summed E-state index contributed by atoms with van der Waals surface area (Å²) in [6, 6.07) is 9.84. The molecule has 2 aromatic heterocycles. The number of fused-ring (bicyclic) bond motifs is 1. The summed E-state index contributed by atoms with van der Waals surface area (Å²) in [7, 11) is -3.69. The van der Waals surface area contributed by atoms with Gasteiger partial charge in [0.05, 0.1) is 11.5 Å². The van der Waals surface area contributed by atoms with Crippen molar-refractivity contribution in [3.05, 3.63) is 63.8 Å². The first-order valence-electron chi connectivity index (χ1n) is 5.89. The summed E-state index contributed by atoms with van der Waals surface area (Å²) in [4.78, 5) is 7.65. The molecule has 104 valence electrons. The van der Waals surface area contributed by atoms with Crippen molar-refractivity contribution in [1.82, 2.24) is 8.96 Å². The molecule has 0 amide bonds. The van der Waals surface area contributed by atoms with Crippen LogP contribution in [0.2, 0.25) is 0 Å². The first-order valence-corrected chi connectivity index (χ1v) is 8.40. The largest absolute Gasteiger partial charge is 0.269 e. The van der Waals surface area contributed by atoms with E-state index >= 15 is 0 Å². The van der Waals surface area contributed by atoms with Gasteiger partial charge in [-0.05, 0) is 40.8 Å². The molecule has 0 atom stereocenters. The van der Waals surface area contributed by atoms with Crippen LogP contribution in [0, 0.1) is 10.1 Å². The molecule has 0 spiro atoms. The van der Waals surface area contributed by atoms with Gasteiger partial charge in [-0.1, -0.05) is 18.2 Å². The standard InChI is InChI=1S/C14H8IN3O2S/c1-16-10-7-12-13(15)9-18(14(12)17-8-10)21(19,20)11-5-3-2-4-6-11/h2-9H. The average Bonchev–Trinajstić information content (AvgIpc) is 2.85. The number of aromatic nitrogens is 2. The molecule has 0 unspecified atom stereocenters. The highest BCUT2D eigenvalue weighted by Crippen LogP contribution is 2.28. The van der Waals surface area contributed by atoms with Crippen LogP contribution in [-0.4, -0.2) is 17.4 Å². The van der Waals surface area contributed by atoms with Crippen molar-refractivity contribution in [1.29, 1.82) is 0 Å². The maximum absolute atomic E-state index is 12.7. The van der Waals surface area contributed by atoms with Crippen LogP contribution >= 0.6 is 22.6 Å². The highest BCUT2D eigenvalue weighted by Gasteiger charge is 2.21. The van der Waals surface area contributed by atoms with Gasteiger partial charge in [-0.25, -0.2) is 22.2 Å². The van der Waals surface area contributed by atoms with E-state index < -0.39 is 10.0 Å². The lowest BCUT2D eigenvalue weighted by Gasteiger charge is -2.06. The number of benzene rings is 1. The molecule has 0 aliphatic heterocycles. The molecule has 1 aromatic carbocycles. The molecule has 0 fully saturated rings. The third-order valence-electron chi connectivity index (χ3n) is 2.98. The van der Waals surface area contributed by atoms with Crippen LogP contribution < -0.4 is 0 Å². The minimum Gasteiger partial charge on any atom is -0.249 e. The van der Waals surface area contributed by atoms with E-state index in [1.54, 1.807) is 36.4 Å². The molecule has 3 aromatic rings. The fraction of sp³-hybridized carbons (Fsp3) is 0. The highest BCUT2D eigenvalue weighted by atomic mass is 127. The molecule has 0 saturated carbocycles. The van der Waals surface area contributed by atoms with Crippen LogP contribution in [0.3, 0.4) is 0 Å². The van der Waals surface area contributed by atoms with Crippen molar-refractivity contribution in [2.75, 3.05) is 0 Å². The Morgan fingerprint density at radius 1 is 1.24 bits per heavy atom. The van der Waals surface area contributed by atoms with E-state index in [1.165, 1.54) is 12.4 Å². The van der Waals surface area contributed by atoms with E-state index in [4.69, 9.17) is 6.57 Å². The van der Waals surface area contributed by atoms with E-state index in [0.29, 0.717) is 16.7 Å².